The summed E-state index contributed by atoms with van der Waals surface area (Å²) in [6, 6.07) is 13.6. The first-order valence-electron chi connectivity index (χ1n) is 8.30. The SMILES string of the molecule is Cc1cc(O[C@@H](C)C(=O)NCCOCc2ccccc2)cc(C)c1Cl. The van der Waals surface area contributed by atoms with Crippen LogP contribution < -0.4 is 10.1 Å². The summed E-state index contributed by atoms with van der Waals surface area (Å²) >= 11 is 6.14. The van der Waals surface area contributed by atoms with Crippen molar-refractivity contribution in [2.24, 2.45) is 0 Å². The zero-order chi connectivity index (χ0) is 18.2. The van der Waals surface area contributed by atoms with E-state index in [2.05, 4.69) is 5.32 Å². The largest absolute Gasteiger partial charge is 0.481 e. The fourth-order valence-corrected chi connectivity index (χ4v) is 2.50. The van der Waals surface area contributed by atoms with Crippen molar-refractivity contribution in [1.82, 2.24) is 5.32 Å². The first-order chi connectivity index (χ1) is 12.0. The van der Waals surface area contributed by atoms with Gasteiger partial charge in [-0.1, -0.05) is 41.9 Å². The summed E-state index contributed by atoms with van der Waals surface area (Å²) in [4.78, 5) is 12.1. The van der Waals surface area contributed by atoms with Crippen molar-refractivity contribution in [2.45, 2.75) is 33.5 Å². The van der Waals surface area contributed by atoms with Crippen LogP contribution in [0.2, 0.25) is 5.02 Å². The minimum Gasteiger partial charge on any atom is -0.481 e. The number of nitrogens with one attached hydrogen (secondary N) is 1. The van der Waals surface area contributed by atoms with E-state index in [9.17, 15) is 4.79 Å². The third kappa shape index (κ3) is 6.07. The van der Waals surface area contributed by atoms with Crippen molar-refractivity contribution in [3.8, 4) is 5.75 Å². The minimum absolute atomic E-state index is 0.173. The van der Waals surface area contributed by atoms with Gasteiger partial charge in [0.05, 0.1) is 13.2 Å². The molecule has 4 nitrogen and oxygen atoms in total. The van der Waals surface area contributed by atoms with Gasteiger partial charge in [-0.25, -0.2) is 0 Å². The summed E-state index contributed by atoms with van der Waals surface area (Å²) in [5, 5.41) is 3.54. The molecule has 1 N–H and O–H groups in total. The standard InChI is InChI=1S/C20H24ClNO3/c1-14-11-18(12-15(2)19(14)21)25-16(3)20(23)22-9-10-24-13-17-7-5-4-6-8-17/h4-8,11-12,16H,9-10,13H2,1-3H3,(H,22,23)/t16-/m0/s1. The number of carbonyl (C=O) groups is 1. The molecule has 5 heteroatoms. The van der Waals surface area contributed by atoms with Crippen LogP contribution in [0.3, 0.4) is 0 Å². The van der Waals surface area contributed by atoms with Gasteiger partial charge in [-0.2, -0.15) is 0 Å². The first kappa shape index (κ1) is 19.3. The molecule has 0 spiro atoms. The lowest BCUT2D eigenvalue weighted by Crippen LogP contribution is -2.38. The third-order valence-corrected chi connectivity index (χ3v) is 4.35. The lowest BCUT2D eigenvalue weighted by atomic mass is 10.1. The second kappa shape index (κ2) is 9.44. The molecule has 0 aliphatic heterocycles. The van der Waals surface area contributed by atoms with Gasteiger partial charge in [0.15, 0.2) is 6.10 Å². The second-order valence-electron chi connectivity index (χ2n) is 5.96. The molecule has 134 valence electrons. The summed E-state index contributed by atoms with van der Waals surface area (Å²) in [7, 11) is 0. The monoisotopic (exact) mass is 361 g/mol. The van der Waals surface area contributed by atoms with Gasteiger partial charge in [0, 0.05) is 11.6 Å². The number of hydrogen-bond donors (Lipinski definition) is 1. The van der Waals surface area contributed by atoms with E-state index in [0.717, 1.165) is 21.7 Å². The Labute approximate surface area is 154 Å². The zero-order valence-electron chi connectivity index (χ0n) is 14.8. The Morgan fingerprint density at radius 2 is 1.80 bits per heavy atom. The molecule has 2 aromatic carbocycles. The lowest BCUT2D eigenvalue weighted by Gasteiger charge is -2.16. The predicted molar refractivity (Wildman–Crippen MR) is 100 cm³/mol. The fourth-order valence-electron chi connectivity index (χ4n) is 2.39. The molecule has 0 radical (unpaired) electrons. The Bertz CT molecular complexity index is 680. The van der Waals surface area contributed by atoms with Gasteiger partial charge in [-0.3, -0.25) is 4.79 Å². The number of rotatable bonds is 8. The molecule has 2 rings (SSSR count). The van der Waals surface area contributed by atoms with E-state index in [1.807, 2.05) is 56.3 Å². The maximum Gasteiger partial charge on any atom is 0.260 e. The maximum absolute atomic E-state index is 12.1. The molecule has 0 aromatic heterocycles. The Balaban J connectivity index is 1.71. The highest BCUT2D eigenvalue weighted by Gasteiger charge is 2.15. The van der Waals surface area contributed by atoms with Crippen molar-refractivity contribution >= 4 is 17.5 Å². The first-order valence-corrected chi connectivity index (χ1v) is 8.68. The summed E-state index contributed by atoms with van der Waals surface area (Å²) < 4.78 is 11.3. The minimum atomic E-state index is -0.589. The number of hydrogen-bond acceptors (Lipinski definition) is 3. The Kier molecular flexibility index (Phi) is 7.29. The van der Waals surface area contributed by atoms with E-state index in [0.29, 0.717) is 25.5 Å². The number of aryl methyl sites for hydroxylation is 2. The molecule has 0 aliphatic carbocycles. The molecule has 1 atom stereocenters. The van der Waals surface area contributed by atoms with Crippen molar-refractivity contribution < 1.29 is 14.3 Å². The number of halogens is 1. The van der Waals surface area contributed by atoms with Gasteiger partial charge >= 0.3 is 0 Å². The van der Waals surface area contributed by atoms with Crippen LogP contribution in [0.15, 0.2) is 42.5 Å². The van der Waals surface area contributed by atoms with Crippen LogP contribution in [-0.2, 0) is 16.1 Å². The van der Waals surface area contributed by atoms with Crippen LogP contribution in [0, 0.1) is 13.8 Å². The van der Waals surface area contributed by atoms with E-state index in [1.54, 1.807) is 6.92 Å². The molecule has 0 saturated carbocycles. The van der Waals surface area contributed by atoms with Crippen molar-refractivity contribution in [1.29, 1.82) is 0 Å². The summed E-state index contributed by atoms with van der Waals surface area (Å²) in [6.45, 7) is 6.98. The molecule has 0 fully saturated rings. The highest BCUT2D eigenvalue weighted by atomic mass is 35.5. The van der Waals surface area contributed by atoms with Gasteiger partial charge < -0.3 is 14.8 Å². The number of carbonyl (C=O) groups excluding carboxylic acids is 1. The Morgan fingerprint density at radius 1 is 1.16 bits per heavy atom. The number of ether oxygens (including phenoxy) is 2. The second-order valence-corrected chi connectivity index (χ2v) is 6.34. The van der Waals surface area contributed by atoms with E-state index >= 15 is 0 Å². The van der Waals surface area contributed by atoms with E-state index in [1.165, 1.54) is 0 Å². The molecule has 0 saturated heterocycles. The van der Waals surface area contributed by atoms with E-state index in [-0.39, 0.29) is 5.91 Å². The third-order valence-electron chi connectivity index (χ3n) is 3.75. The molecule has 0 aliphatic rings. The normalized spacial score (nSPS) is 11.8. The smallest absolute Gasteiger partial charge is 0.260 e. The van der Waals surface area contributed by atoms with Crippen molar-refractivity contribution in [2.75, 3.05) is 13.2 Å². The molecular weight excluding hydrogens is 338 g/mol. The summed E-state index contributed by atoms with van der Waals surface area (Å²) in [5.41, 5.74) is 2.97. The summed E-state index contributed by atoms with van der Waals surface area (Å²) in [6.07, 6.45) is -0.589. The quantitative estimate of drug-likeness (QED) is 0.721. The highest BCUT2D eigenvalue weighted by molar-refractivity contribution is 6.32. The highest BCUT2D eigenvalue weighted by Crippen LogP contribution is 2.26. The predicted octanol–water partition coefficient (Wildman–Crippen LogP) is 4.06. The molecule has 1 amide bonds. The molecule has 0 unspecified atom stereocenters. The number of amides is 1. The fraction of sp³-hybridized carbons (Fsp3) is 0.350. The molecular formula is C20H24ClNO3. The van der Waals surface area contributed by atoms with Gasteiger partial charge in [0.2, 0.25) is 0 Å². The summed E-state index contributed by atoms with van der Waals surface area (Å²) in [5.74, 6) is 0.468. The van der Waals surface area contributed by atoms with Crippen LogP contribution in [-0.4, -0.2) is 25.2 Å². The van der Waals surface area contributed by atoms with Gasteiger partial charge in [-0.05, 0) is 49.6 Å². The lowest BCUT2D eigenvalue weighted by molar-refractivity contribution is -0.127. The van der Waals surface area contributed by atoms with E-state index < -0.39 is 6.10 Å². The van der Waals surface area contributed by atoms with Crippen LogP contribution in [0.1, 0.15) is 23.6 Å². The zero-order valence-corrected chi connectivity index (χ0v) is 15.6. The molecule has 2 aromatic rings. The molecule has 25 heavy (non-hydrogen) atoms. The van der Waals surface area contributed by atoms with Crippen molar-refractivity contribution in [3.05, 3.63) is 64.2 Å². The van der Waals surface area contributed by atoms with Crippen molar-refractivity contribution in [3.63, 3.8) is 0 Å². The van der Waals surface area contributed by atoms with Gasteiger partial charge in [0.1, 0.15) is 5.75 Å². The molecule has 0 bridgehead atoms. The average molecular weight is 362 g/mol. The van der Waals surface area contributed by atoms with Gasteiger partial charge in [0.25, 0.3) is 5.91 Å². The van der Waals surface area contributed by atoms with Gasteiger partial charge in [-0.15, -0.1) is 0 Å². The van der Waals surface area contributed by atoms with Crippen LogP contribution in [0.4, 0.5) is 0 Å². The maximum atomic E-state index is 12.1. The Morgan fingerprint density at radius 3 is 2.44 bits per heavy atom. The van der Waals surface area contributed by atoms with Crippen LogP contribution >= 0.6 is 11.6 Å². The van der Waals surface area contributed by atoms with E-state index in [4.69, 9.17) is 21.1 Å². The van der Waals surface area contributed by atoms with Crippen LogP contribution in [0.25, 0.3) is 0 Å². The topological polar surface area (TPSA) is 47.6 Å². The average Bonchev–Trinajstić information content (AvgIpc) is 2.60. The van der Waals surface area contributed by atoms with Crippen LogP contribution in [0.5, 0.6) is 5.75 Å². The Hall–Kier alpha value is -2.04. The number of benzene rings is 2. The molecule has 0 heterocycles.